The molecule has 156 valence electrons. The Bertz CT molecular complexity index is 1130. The number of sulfonamides is 1. The van der Waals surface area contributed by atoms with Crippen molar-refractivity contribution in [1.82, 2.24) is 19.8 Å². The minimum atomic E-state index is -3.49. The largest absolute Gasteiger partial charge is 0.343 e. The Labute approximate surface area is 175 Å². The second-order valence-corrected chi connectivity index (χ2v) is 9.13. The standard InChI is InChI=1S/C21H22N4O4S/c1-15-4-6-16(7-5-15)20-23-19(29-24-20)14-22-21(26)17-8-10-18(11-9-17)30(27,28)25-12-2-3-13-25/h4-11H,2-3,12-14H2,1H3,(H,22,26). The summed E-state index contributed by atoms with van der Waals surface area (Å²) in [7, 11) is -3.49. The van der Waals surface area contributed by atoms with Crippen molar-refractivity contribution < 1.29 is 17.7 Å². The summed E-state index contributed by atoms with van der Waals surface area (Å²) in [4.78, 5) is 16.9. The van der Waals surface area contributed by atoms with Crippen LogP contribution in [0.2, 0.25) is 0 Å². The van der Waals surface area contributed by atoms with Crippen LogP contribution in [0.3, 0.4) is 0 Å². The van der Waals surface area contributed by atoms with E-state index in [1.165, 1.54) is 28.6 Å². The van der Waals surface area contributed by atoms with Crippen LogP contribution in [0.25, 0.3) is 11.4 Å². The minimum Gasteiger partial charge on any atom is -0.343 e. The molecule has 0 bridgehead atoms. The van der Waals surface area contributed by atoms with Crippen molar-refractivity contribution in [3.8, 4) is 11.4 Å². The molecule has 0 unspecified atom stereocenters. The molecule has 0 saturated carbocycles. The lowest BCUT2D eigenvalue weighted by Gasteiger charge is -2.15. The second-order valence-electron chi connectivity index (χ2n) is 7.20. The number of aromatic nitrogens is 2. The van der Waals surface area contributed by atoms with Gasteiger partial charge in [0.1, 0.15) is 0 Å². The zero-order valence-electron chi connectivity index (χ0n) is 16.5. The van der Waals surface area contributed by atoms with Gasteiger partial charge in [0.2, 0.25) is 21.7 Å². The van der Waals surface area contributed by atoms with E-state index in [2.05, 4.69) is 15.5 Å². The average molecular weight is 426 g/mol. The van der Waals surface area contributed by atoms with Gasteiger partial charge in [-0.25, -0.2) is 8.42 Å². The third kappa shape index (κ3) is 4.27. The number of carbonyl (C=O) groups is 1. The number of hydrogen-bond donors (Lipinski definition) is 1. The molecular formula is C21H22N4O4S. The molecule has 1 aromatic heterocycles. The Morgan fingerprint density at radius 1 is 1.07 bits per heavy atom. The summed E-state index contributed by atoms with van der Waals surface area (Å²) in [6.45, 7) is 3.15. The molecule has 30 heavy (non-hydrogen) atoms. The molecule has 1 N–H and O–H groups in total. The average Bonchev–Trinajstić information content (AvgIpc) is 3.45. The monoisotopic (exact) mass is 426 g/mol. The van der Waals surface area contributed by atoms with Crippen molar-refractivity contribution in [2.45, 2.75) is 31.2 Å². The van der Waals surface area contributed by atoms with Crippen LogP contribution in [0.1, 0.15) is 34.7 Å². The van der Waals surface area contributed by atoms with E-state index >= 15 is 0 Å². The van der Waals surface area contributed by atoms with Crippen molar-refractivity contribution in [3.05, 3.63) is 65.5 Å². The molecule has 1 fully saturated rings. The van der Waals surface area contributed by atoms with E-state index in [4.69, 9.17) is 4.52 Å². The summed E-state index contributed by atoms with van der Waals surface area (Å²) in [5.74, 6) is 0.387. The molecule has 0 aliphatic carbocycles. The van der Waals surface area contributed by atoms with Crippen molar-refractivity contribution in [2.24, 2.45) is 0 Å². The predicted octanol–water partition coefficient (Wildman–Crippen LogP) is 2.76. The zero-order chi connectivity index (χ0) is 21.1. The van der Waals surface area contributed by atoms with Crippen LogP contribution in [0, 0.1) is 6.92 Å². The molecule has 8 nitrogen and oxygen atoms in total. The fourth-order valence-electron chi connectivity index (χ4n) is 3.26. The highest BCUT2D eigenvalue weighted by molar-refractivity contribution is 7.89. The highest BCUT2D eigenvalue weighted by Crippen LogP contribution is 2.21. The molecule has 0 atom stereocenters. The first-order chi connectivity index (χ1) is 14.4. The van der Waals surface area contributed by atoms with Crippen LogP contribution in [0.4, 0.5) is 0 Å². The zero-order valence-corrected chi connectivity index (χ0v) is 17.4. The van der Waals surface area contributed by atoms with Crippen LogP contribution < -0.4 is 5.32 Å². The maximum atomic E-state index is 12.6. The third-order valence-electron chi connectivity index (χ3n) is 5.00. The molecule has 1 saturated heterocycles. The van der Waals surface area contributed by atoms with Crippen LogP contribution in [0.15, 0.2) is 57.9 Å². The van der Waals surface area contributed by atoms with E-state index in [0.717, 1.165) is 24.0 Å². The van der Waals surface area contributed by atoms with Crippen LogP contribution >= 0.6 is 0 Å². The Hall–Kier alpha value is -3.04. The number of carbonyl (C=O) groups excluding carboxylic acids is 1. The highest BCUT2D eigenvalue weighted by atomic mass is 32.2. The third-order valence-corrected chi connectivity index (χ3v) is 6.91. The highest BCUT2D eigenvalue weighted by Gasteiger charge is 2.27. The number of rotatable bonds is 6. The first-order valence-corrected chi connectivity index (χ1v) is 11.2. The molecule has 3 aromatic rings. The number of nitrogens with zero attached hydrogens (tertiary/aromatic N) is 3. The quantitative estimate of drug-likeness (QED) is 0.650. The van der Waals surface area contributed by atoms with E-state index in [0.29, 0.717) is 24.5 Å². The van der Waals surface area contributed by atoms with Crippen LogP contribution in [-0.4, -0.2) is 41.9 Å². The topological polar surface area (TPSA) is 105 Å². The van der Waals surface area contributed by atoms with Gasteiger partial charge in [-0.15, -0.1) is 0 Å². The van der Waals surface area contributed by atoms with Gasteiger partial charge in [0.25, 0.3) is 5.91 Å². The van der Waals surface area contributed by atoms with Gasteiger partial charge in [0.15, 0.2) is 0 Å². The van der Waals surface area contributed by atoms with Gasteiger partial charge in [0, 0.05) is 24.2 Å². The van der Waals surface area contributed by atoms with Gasteiger partial charge in [-0.2, -0.15) is 9.29 Å². The summed E-state index contributed by atoms with van der Waals surface area (Å²) < 4.78 is 31.8. The van der Waals surface area contributed by atoms with Gasteiger partial charge in [0.05, 0.1) is 11.4 Å². The molecule has 0 radical (unpaired) electrons. The normalized spacial score (nSPS) is 14.7. The summed E-state index contributed by atoms with van der Waals surface area (Å²) >= 11 is 0. The summed E-state index contributed by atoms with van der Waals surface area (Å²) in [5.41, 5.74) is 2.32. The molecule has 1 aliphatic heterocycles. The summed E-state index contributed by atoms with van der Waals surface area (Å²) in [6.07, 6.45) is 1.75. The van der Waals surface area contributed by atoms with E-state index in [1.807, 2.05) is 31.2 Å². The van der Waals surface area contributed by atoms with Crippen molar-refractivity contribution >= 4 is 15.9 Å². The first-order valence-electron chi connectivity index (χ1n) is 9.71. The Morgan fingerprint density at radius 2 is 1.73 bits per heavy atom. The Kier molecular flexibility index (Phi) is 5.65. The van der Waals surface area contributed by atoms with Gasteiger partial charge >= 0.3 is 0 Å². The van der Waals surface area contributed by atoms with E-state index < -0.39 is 10.0 Å². The fourth-order valence-corrected chi connectivity index (χ4v) is 4.78. The van der Waals surface area contributed by atoms with Gasteiger partial charge < -0.3 is 9.84 Å². The lowest BCUT2D eigenvalue weighted by molar-refractivity contribution is 0.0946. The fraction of sp³-hybridized carbons (Fsp3) is 0.286. The Balaban J connectivity index is 1.38. The molecular weight excluding hydrogens is 404 g/mol. The van der Waals surface area contributed by atoms with Crippen LogP contribution in [0.5, 0.6) is 0 Å². The van der Waals surface area contributed by atoms with Gasteiger partial charge in [-0.05, 0) is 44.0 Å². The molecule has 1 aliphatic rings. The maximum Gasteiger partial charge on any atom is 0.251 e. The number of benzene rings is 2. The number of amides is 1. The maximum absolute atomic E-state index is 12.6. The lowest BCUT2D eigenvalue weighted by atomic mass is 10.1. The number of nitrogens with one attached hydrogen (secondary N) is 1. The summed E-state index contributed by atoms with van der Waals surface area (Å²) in [6, 6.07) is 13.7. The predicted molar refractivity (Wildman–Crippen MR) is 110 cm³/mol. The molecule has 0 spiro atoms. The van der Waals surface area contributed by atoms with Gasteiger partial charge in [-0.1, -0.05) is 35.0 Å². The Morgan fingerprint density at radius 3 is 2.40 bits per heavy atom. The molecule has 2 aromatic carbocycles. The summed E-state index contributed by atoms with van der Waals surface area (Å²) in [5, 5.41) is 6.64. The second kappa shape index (κ2) is 8.37. The van der Waals surface area contributed by atoms with E-state index in [9.17, 15) is 13.2 Å². The minimum absolute atomic E-state index is 0.0749. The van der Waals surface area contributed by atoms with Gasteiger partial charge in [-0.3, -0.25) is 4.79 Å². The van der Waals surface area contributed by atoms with Crippen molar-refractivity contribution in [1.29, 1.82) is 0 Å². The molecule has 9 heteroatoms. The lowest BCUT2D eigenvalue weighted by Crippen LogP contribution is -2.28. The van der Waals surface area contributed by atoms with Crippen molar-refractivity contribution in [3.63, 3.8) is 0 Å². The molecule has 2 heterocycles. The number of hydrogen-bond acceptors (Lipinski definition) is 6. The van der Waals surface area contributed by atoms with Crippen molar-refractivity contribution in [2.75, 3.05) is 13.1 Å². The molecule has 4 rings (SSSR count). The smallest absolute Gasteiger partial charge is 0.251 e. The SMILES string of the molecule is Cc1ccc(-c2noc(CNC(=O)c3ccc(S(=O)(=O)N4CCCC4)cc3)n2)cc1. The molecule has 1 amide bonds. The van der Waals surface area contributed by atoms with E-state index in [1.54, 1.807) is 0 Å². The van der Waals surface area contributed by atoms with Crippen LogP contribution in [-0.2, 0) is 16.6 Å². The first kappa shape index (κ1) is 20.2. The van der Waals surface area contributed by atoms with E-state index in [-0.39, 0.29) is 23.2 Å². The number of aryl methyl sites for hydroxylation is 1.